The van der Waals surface area contributed by atoms with Crippen LogP contribution in [-0.2, 0) is 4.79 Å². The number of anilines is 1. The highest BCUT2D eigenvalue weighted by Gasteiger charge is 2.40. The van der Waals surface area contributed by atoms with Crippen LogP contribution in [0.3, 0.4) is 0 Å². The molecule has 4 nitrogen and oxygen atoms in total. The topological polar surface area (TPSA) is 44.4 Å². The summed E-state index contributed by atoms with van der Waals surface area (Å²) >= 11 is 5.83. The Morgan fingerprint density at radius 2 is 2.10 bits per heavy atom. The van der Waals surface area contributed by atoms with Crippen molar-refractivity contribution in [3.05, 3.63) is 29.3 Å². The third kappa shape index (κ3) is 4.10. The van der Waals surface area contributed by atoms with E-state index in [-0.39, 0.29) is 18.3 Å². The van der Waals surface area contributed by atoms with Crippen molar-refractivity contribution in [2.24, 2.45) is 5.41 Å². The van der Waals surface area contributed by atoms with Crippen molar-refractivity contribution in [1.29, 1.82) is 0 Å². The minimum Gasteiger partial charge on any atom is -0.325 e. The van der Waals surface area contributed by atoms with E-state index >= 15 is 0 Å². The highest BCUT2D eigenvalue weighted by Crippen LogP contribution is 2.35. The molecule has 116 valence electrons. The molecule has 1 aromatic carbocycles. The number of benzene rings is 1. The number of carbonyl (C=O) groups is 1. The molecular formula is C15H21Cl2N3O. The molecule has 1 aromatic rings. The first kappa shape index (κ1) is 16.6. The third-order valence-electron chi connectivity index (χ3n) is 4.34. The van der Waals surface area contributed by atoms with Crippen molar-refractivity contribution in [2.45, 2.75) is 12.8 Å². The fraction of sp³-hybridized carbons (Fsp3) is 0.533. The van der Waals surface area contributed by atoms with Crippen LogP contribution in [0.4, 0.5) is 5.69 Å². The molecule has 0 radical (unpaired) electrons. The summed E-state index contributed by atoms with van der Waals surface area (Å²) in [5.74, 6) is 0.0512. The van der Waals surface area contributed by atoms with Gasteiger partial charge in [-0.05, 0) is 55.6 Å². The molecule has 2 saturated heterocycles. The van der Waals surface area contributed by atoms with Crippen molar-refractivity contribution in [3.63, 3.8) is 0 Å². The molecule has 2 aliphatic rings. The average Bonchev–Trinajstić information content (AvgIpc) is 3.03. The molecule has 2 heterocycles. The Bertz CT molecular complexity index is 486. The number of hydrogen-bond acceptors (Lipinski definition) is 3. The lowest BCUT2D eigenvalue weighted by Crippen LogP contribution is -2.34. The van der Waals surface area contributed by atoms with Gasteiger partial charge < -0.3 is 10.6 Å². The molecular weight excluding hydrogens is 309 g/mol. The van der Waals surface area contributed by atoms with Crippen LogP contribution in [-0.4, -0.2) is 43.5 Å². The normalized spacial score (nSPS) is 25.0. The van der Waals surface area contributed by atoms with Crippen LogP contribution >= 0.6 is 24.0 Å². The van der Waals surface area contributed by atoms with Crippen molar-refractivity contribution < 1.29 is 4.79 Å². The molecule has 1 unspecified atom stereocenters. The van der Waals surface area contributed by atoms with E-state index in [0.717, 1.165) is 31.9 Å². The van der Waals surface area contributed by atoms with E-state index in [1.54, 1.807) is 12.1 Å². The van der Waals surface area contributed by atoms with Crippen molar-refractivity contribution in [1.82, 2.24) is 10.2 Å². The lowest BCUT2D eigenvalue weighted by Gasteiger charge is -2.22. The van der Waals surface area contributed by atoms with E-state index in [0.29, 0.717) is 17.0 Å². The molecule has 3 rings (SSSR count). The number of nitrogens with zero attached hydrogens (tertiary/aromatic N) is 1. The highest BCUT2D eigenvalue weighted by atomic mass is 35.5. The second-order valence-corrected chi connectivity index (χ2v) is 6.38. The highest BCUT2D eigenvalue weighted by molar-refractivity contribution is 6.30. The molecule has 21 heavy (non-hydrogen) atoms. The Hall–Kier alpha value is -0.810. The molecule has 1 spiro atoms. The van der Waals surface area contributed by atoms with E-state index in [1.807, 2.05) is 12.1 Å². The van der Waals surface area contributed by atoms with Crippen LogP contribution in [0.15, 0.2) is 24.3 Å². The lowest BCUT2D eigenvalue weighted by molar-refractivity contribution is -0.117. The van der Waals surface area contributed by atoms with Crippen LogP contribution in [0.25, 0.3) is 0 Å². The van der Waals surface area contributed by atoms with Gasteiger partial charge in [0.1, 0.15) is 0 Å². The molecule has 1 amide bonds. The zero-order valence-corrected chi connectivity index (χ0v) is 13.5. The van der Waals surface area contributed by atoms with E-state index in [1.165, 1.54) is 12.8 Å². The van der Waals surface area contributed by atoms with Gasteiger partial charge in [-0.2, -0.15) is 0 Å². The predicted octanol–water partition coefficient (Wildman–Crippen LogP) is 2.39. The van der Waals surface area contributed by atoms with Crippen LogP contribution in [0.1, 0.15) is 12.8 Å². The smallest absolute Gasteiger partial charge is 0.238 e. The Morgan fingerprint density at radius 3 is 2.76 bits per heavy atom. The Morgan fingerprint density at radius 1 is 1.33 bits per heavy atom. The lowest BCUT2D eigenvalue weighted by atomic mass is 9.87. The van der Waals surface area contributed by atoms with E-state index < -0.39 is 0 Å². The van der Waals surface area contributed by atoms with Gasteiger partial charge >= 0.3 is 0 Å². The first-order chi connectivity index (χ1) is 9.65. The maximum Gasteiger partial charge on any atom is 0.238 e. The molecule has 0 aliphatic carbocycles. The number of halogens is 2. The standard InChI is InChI=1S/C15H20ClN3O.ClH/c16-12-1-3-13(4-2-12)18-14(20)9-19-8-6-15(11-19)5-7-17-10-15;/h1-4,17H,5-11H2,(H,18,20);1H. The van der Waals surface area contributed by atoms with Gasteiger partial charge in [0.05, 0.1) is 6.54 Å². The molecule has 2 fully saturated rings. The van der Waals surface area contributed by atoms with Gasteiger partial charge in [0.25, 0.3) is 0 Å². The first-order valence-electron chi connectivity index (χ1n) is 7.14. The molecule has 0 aromatic heterocycles. The molecule has 0 saturated carbocycles. The maximum absolute atomic E-state index is 12.1. The van der Waals surface area contributed by atoms with Crippen LogP contribution in [0.2, 0.25) is 5.02 Å². The molecule has 6 heteroatoms. The van der Waals surface area contributed by atoms with Crippen LogP contribution in [0, 0.1) is 5.41 Å². The van der Waals surface area contributed by atoms with E-state index in [2.05, 4.69) is 15.5 Å². The van der Waals surface area contributed by atoms with Crippen molar-refractivity contribution >= 4 is 35.6 Å². The van der Waals surface area contributed by atoms with Gasteiger partial charge in [-0.3, -0.25) is 9.69 Å². The molecule has 2 aliphatic heterocycles. The van der Waals surface area contributed by atoms with Crippen molar-refractivity contribution in [3.8, 4) is 0 Å². The first-order valence-corrected chi connectivity index (χ1v) is 7.52. The van der Waals surface area contributed by atoms with Gasteiger partial charge in [-0.15, -0.1) is 12.4 Å². The maximum atomic E-state index is 12.1. The SMILES string of the molecule is Cl.O=C(CN1CCC2(CCNC2)C1)Nc1ccc(Cl)cc1. The van der Waals surface area contributed by atoms with Gasteiger partial charge in [-0.1, -0.05) is 11.6 Å². The van der Waals surface area contributed by atoms with Gasteiger partial charge in [0, 0.05) is 23.8 Å². The molecule has 1 atom stereocenters. The summed E-state index contributed by atoms with van der Waals surface area (Å²) in [4.78, 5) is 14.3. The van der Waals surface area contributed by atoms with Crippen LogP contribution < -0.4 is 10.6 Å². The van der Waals surface area contributed by atoms with Gasteiger partial charge in [0.2, 0.25) is 5.91 Å². The number of amides is 1. The summed E-state index contributed by atoms with van der Waals surface area (Å²) in [5, 5.41) is 7.03. The predicted molar refractivity (Wildman–Crippen MR) is 88.3 cm³/mol. The number of nitrogens with one attached hydrogen (secondary N) is 2. The second-order valence-electron chi connectivity index (χ2n) is 5.94. The van der Waals surface area contributed by atoms with E-state index in [9.17, 15) is 4.79 Å². The summed E-state index contributed by atoms with van der Waals surface area (Å²) in [6.45, 7) is 4.75. The summed E-state index contributed by atoms with van der Waals surface area (Å²) in [7, 11) is 0. The number of carbonyl (C=O) groups excluding carboxylic acids is 1. The minimum absolute atomic E-state index is 0. The quantitative estimate of drug-likeness (QED) is 0.894. The number of rotatable bonds is 3. The minimum atomic E-state index is 0. The average molecular weight is 330 g/mol. The third-order valence-corrected chi connectivity index (χ3v) is 4.60. The number of likely N-dealkylation sites (tertiary alicyclic amines) is 1. The van der Waals surface area contributed by atoms with Gasteiger partial charge in [-0.25, -0.2) is 0 Å². The second kappa shape index (κ2) is 6.97. The monoisotopic (exact) mass is 329 g/mol. The fourth-order valence-corrected chi connectivity index (χ4v) is 3.37. The molecule has 2 N–H and O–H groups in total. The van der Waals surface area contributed by atoms with Crippen molar-refractivity contribution in [2.75, 3.05) is 38.0 Å². The summed E-state index contributed by atoms with van der Waals surface area (Å²) in [6.07, 6.45) is 2.44. The molecule has 0 bridgehead atoms. The van der Waals surface area contributed by atoms with Gasteiger partial charge in [0.15, 0.2) is 0 Å². The fourth-order valence-electron chi connectivity index (χ4n) is 3.24. The number of hydrogen-bond donors (Lipinski definition) is 2. The largest absolute Gasteiger partial charge is 0.325 e. The zero-order chi connectivity index (χ0) is 14.0. The summed E-state index contributed by atoms with van der Waals surface area (Å²) < 4.78 is 0. The summed E-state index contributed by atoms with van der Waals surface area (Å²) in [6, 6.07) is 7.22. The zero-order valence-electron chi connectivity index (χ0n) is 11.9. The Balaban J connectivity index is 0.00000161. The summed E-state index contributed by atoms with van der Waals surface area (Å²) in [5.41, 5.74) is 1.22. The Labute approximate surface area is 136 Å². The van der Waals surface area contributed by atoms with E-state index in [4.69, 9.17) is 11.6 Å². The van der Waals surface area contributed by atoms with Crippen LogP contribution in [0.5, 0.6) is 0 Å². The Kier molecular flexibility index (Phi) is 5.49.